The number of carbonyl (C=O) groups excluding carboxylic acids is 2. The molecule has 6 nitrogen and oxygen atoms in total. The zero-order valence-electron chi connectivity index (χ0n) is 17.7. The van der Waals surface area contributed by atoms with E-state index in [4.69, 9.17) is 4.98 Å². The second kappa shape index (κ2) is 8.15. The molecule has 0 spiro atoms. The van der Waals surface area contributed by atoms with Crippen molar-refractivity contribution < 1.29 is 9.59 Å². The van der Waals surface area contributed by atoms with Gasteiger partial charge in [0.05, 0.1) is 16.8 Å². The van der Waals surface area contributed by atoms with Crippen molar-refractivity contribution in [2.24, 2.45) is 0 Å². The topological polar surface area (TPSA) is 84.8 Å². The summed E-state index contributed by atoms with van der Waals surface area (Å²) in [5.74, 6) is -0.00149. The number of carbonyl (C=O) groups is 2. The van der Waals surface area contributed by atoms with Crippen molar-refractivity contribution in [3.05, 3.63) is 43.3 Å². The van der Waals surface area contributed by atoms with Crippen LogP contribution in [0.5, 0.6) is 0 Å². The van der Waals surface area contributed by atoms with Crippen LogP contribution in [0.25, 0.3) is 10.2 Å². The molecule has 0 aliphatic heterocycles. The fraction of sp³-hybridized carbons (Fsp3) is 0.455. The molecule has 3 aromatic heterocycles. The van der Waals surface area contributed by atoms with Crippen LogP contribution in [0.4, 0.5) is 0 Å². The largest absolute Gasteiger partial charge is 0.355 e. The number of fused-ring (bicyclic) bond motifs is 3. The molecule has 1 aliphatic rings. The van der Waals surface area contributed by atoms with Gasteiger partial charge >= 0.3 is 0 Å². The molecule has 8 heteroatoms. The maximum atomic E-state index is 13.2. The van der Waals surface area contributed by atoms with Gasteiger partial charge in [-0.3, -0.25) is 19.0 Å². The van der Waals surface area contributed by atoms with Gasteiger partial charge in [-0.05, 0) is 64.5 Å². The predicted octanol–water partition coefficient (Wildman–Crippen LogP) is 4.48. The van der Waals surface area contributed by atoms with E-state index < -0.39 is 0 Å². The summed E-state index contributed by atoms with van der Waals surface area (Å²) < 4.78 is 1.68. The second-order valence-electron chi connectivity index (χ2n) is 7.73. The van der Waals surface area contributed by atoms with Gasteiger partial charge in [0.15, 0.2) is 16.7 Å². The number of rotatable bonds is 6. The van der Waals surface area contributed by atoms with E-state index in [1.165, 1.54) is 29.1 Å². The number of aromatic nitrogens is 3. The van der Waals surface area contributed by atoms with E-state index in [1.807, 2.05) is 6.92 Å². The van der Waals surface area contributed by atoms with Crippen LogP contribution in [-0.4, -0.2) is 31.9 Å². The molecule has 3 aromatic rings. The van der Waals surface area contributed by atoms with E-state index in [0.717, 1.165) is 35.9 Å². The highest BCUT2D eigenvalue weighted by molar-refractivity contribution is 7.99. The van der Waals surface area contributed by atoms with Crippen molar-refractivity contribution in [3.8, 4) is 0 Å². The summed E-state index contributed by atoms with van der Waals surface area (Å²) in [4.78, 5) is 47.8. The van der Waals surface area contributed by atoms with Gasteiger partial charge in [0.2, 0.25) is 0 Å². The van der Waals surface area contributed by atoms with Gasteiger partial charge in [-0.25, -0.2) is 4.98 Å². The average Bonchev–Trinajstić information content (AvgIpc) is 3.22. The van der Waals surface area contributed by atoms with Crippen LogP contribution < -0.4 is 5.56 Å². The van der Waals surface area contributed by atoms with E-state index in [9.17, 15) is 14.4 Å². The summed E-state index contributed by atoms with van der Waals surface area (Å²) in [7, 11) is 0. The second-order valence-corrected chi connectivity index (χ2v) is 9.75. The van der Waals surface area contributed by atoms with Crippen molar-refractivity contribution in [1.82, 2.24) is 14.5 Å². The normalized spacial score (nSPS) is 13.6. The number of aromatic amines is 1. The Labute approximate surface area is 183 Å². The highest BCUT2D eigenvalue weighted by atomic mass is 32.2. The van der Waals surface area contributed by atoms with Gasteiger partial charge in [0.25, 0.3) is 5.56 Å². The number of H-pyrrole nitrogens is 1. The smallest absolute Gasteiger partial charge is 0.263 e. The molecule has 4 rings (SSSR count). The number of nitrogens with one attached hydrogen (secondary N) is 1. The lowest BCUT2D eigenvalue weighted by atomic mass is 9.97. The van der Waals surface area contributed by atoms with Gasteiger partial charge < -0.3 is 4.98 Å². The molecular weight excluding hydrogens is 418 g/mol. The van der Waals surface area contributed by atoms with Crippen LogP contribution in [0.1, 0.15) is 69.2 Å². The van der Waals surface area contributed by atoms with E-state index in [-0.39, 0.29) is 22.9 Å². The van der Waals surface area contributed by atoms with Gasteiger partial charge in [-0.1, -0.05) is 11.8 Å². The molecule has 0 fully saturated rings. The molecule has 30 heavy (non-hydrogen) atoms. The minimum atomic E-state index is -0.101. The molecular formula is C22H25N3O3S2. The number of thiophene rings is 1. The maximum absolute atomic E-state index is 13.2. The summed E-state index contributed by atoms with van der Waals surface area (Å²) in [6.45, 7) is 7.54. The van der Waals surface area contributed by atoms with Crippen LogP contribution >= 0.6 is 23.1 Å². The molecule has 0 unspecified atom stereocenters. The predicted molar refractivity (Wildman–Crippen MR) is 122 cm³/mol. The summed E-state index contributed by atoms with van der Waals surface area (Å²) in [5.41, 5.74) is 3.63. The van der Waals surface area contributed by atoms with E-state index in [1.54, 1.807) is 29.8 Å². The number of aryl methyl sites for hydroxylation is 3. The molecule has 0 bridgehead atoms. The Morgan fingerprint density at radius 3 is 2.63 bits per heavy atom. The molecule has 0 aromatic carbocycles. The average molecular weight is 444 g/mol. The Kier molecular flexibility index (Phi) is 5.72. The van der Waals surface area contributed by atoms with Crippen LogP contribution in [-0.2, 0) is 19.4 Å². The van der Waals surface area contributed by atoms with Crippen LogP contribution in [0.2, 0.25) is 0 Å². The van der Waals surface area contributed by atoms with E-state index in [2.05, 4.69) is 4.98 Å². The molecule has 0 atom stereocenters. The number of hydrogen-bond acceptors (Lipinski definition) is 6. The Morgan fingerprint density at radius 1 is 1.23 bits per heavy atom. The number of Topliss-reactive ketones (excluding diaryl/α,β-unsaturated/α-hetero) is 2. The third-order valence-electron chi connectivity index (χ3n) is 5.76. The third kappa shape index (κ3) is 3.46. The fourth-order valence-electron chi connectivity index (χ4n) is 4.37. The third-order valence-corrected chi connectivity index (χ3v) is 7.92. The van der Waals surface area contributed by atoms with Crippen LogP contribution in [0.15, 0.2) is 9.95 Å². The highest BCUT2D eigenvalue weighted by Crippen LogP contribution is 2.34. The maximum Gasteiger partial charge on any atom is 0.263 e. The molecule has 0 amide bonds. The Hall–Kier alpha value is -2.19. The number of thioether (sulfide) groups is 1. The Bertz CT molecular complexity index is 1230. The minimum Gasteiger partial charge on any atom is -0.355 e. The molecule has 1 aliphatic carbocycles. The fourth-order valence-corrected chi connectivity index (χ4v) is 6.61. The van der Waals surface area contributed by atoms with Crippen molar-refractivity contribution in [2.75, 3.05) is 5.75 Å². The Morgan fingerprint density at radius 2 is 1.97 bits per heavy atom. The summed E-state index contributed by atoms with van der Waals surface area (Å²) in [6, 6.07) is 0. The van der Waals surface area contributed by atoms with Gasteiger partial charge in [0, 0.05) is 22.7 Å². The first-order chi connectivity index (χ1) is 14.3. The van der Waals surface area contributed by atoms with E-state index >= 15 is 0 Å². The molecule has 0 radical (unpaired) electrons. The Balaban J connectivity index is 1.66. The molecule has 0 saturated heterocycles. The van der Waals surface area contributed by atoms with Crippen LogP contribution in [0, 0.1) is 13.8 Å². The number of nitrogens with zero attached hydrogens (tertiary/aromatic N) is 2. The van der Waals surface area contributed by atoms with Gasteiger partial charge in [-0.15, -0.1) is 11.3 Å². The first-order valence-corrected chi connectivity index (χ1v) is 12.0. The quantitative estimate of drug-likeness (QED) is 0.345. The van der Waals surface area contributed by atoms with Crippen LogP contribution in [0.3, 0.4) is 0 Å². The van der Waals surface area contributed by atoms with E-state index in [0.29, 0.717) is 34.2 Å². The standard InChI is InChI=1S/C22H25N3O3S2/c1-5-25-21(28)18-14-8-6-7-9-16(14)30-20(18)24-22(25)29-10-15(27)19-11(2)17(13(4)26)12(3)23-19/h23H,5-10H2,1-4H3. The monoisotopic (exact) mass is 443 g/mol. The van der Waals surface area contributed by atoms with Gasteiger partial charge in [0.1, 0.15) is 4.83 Å². The zero-order chi connectivity index (χ0) is 21.6. The summed E-state index contributed by atoms with van der Waals surface area (Å²) in [6.07, 6.45) is 4.25. The number of hydrogen-bond donors (Lipinski definition) is 1. The molecule has 158 valence electrons. The van der Waals surface area contributed by atoms with Crippen molar-refractivity contribution in [3.63, 3.8) is 0 Å². The van der Waals surface area contributed by atoms with Crippen molar-refractivity contribution >= 4 is 44.9 Å². The van der Waals surface area contributed by atoms with Crippen molar-refractivity contribution in [1.29, 1.82) is 0 Å². The minimum absolute atomic E-state index is 0.00242. The first kappa shape index (κ1) is 21.1. The first-order valence-electron chi connectivity index (χ1n) is 10.2. The summed E-state index contributed by atoms with van der Waals surface area (Å²) in [5, 5.41) is 1.35. The molecule has 0 saturated carbocycles. The van der Waals surface area contributed by atoms with Gasteiger partial charge in [-0.2, -0.15) is 0 Å². The SMILES string of the molecule is CCn1c(SCC(=O)c2[nH]c(C)c(C(C)=O)c2C)nc2sc3c(c2c1=O)CCCC3. The lowest BCUT2D eigenvalue weighted by Gasteiger charge is -2.12. The summed E-state index contributed by atoms with van der Waals surface area (Å²) >= 11 is 2.91. The number of ketones is 2. The lowest BCUT2D eigenvalue weighted by Crippen LogP contribution is -2.23. The lowest BCUT2D eigenvalue weighted by molar-refractivity contribution is 0.101. The molecule has 1 N–H and O–H groups in total. The van der Waals surface area contributed by atoms with Crippen molar-refractivity contribution in [2.45, 2.75) is 65.1 Å². The molecule has 3 heterocycles. The highest BCUT2D eigenvalue weighted by Gasteiger charge is 2.23. The zero-order valence-corrected chi connectivity index (χ0v) is 19.3.